The van der Waals surface area contributed by atoms with Crippen molar-refractivity contribution in [3.63, 3.8) is 0 Å². The molecule has 30 nitrogen and oxygen atoms in total. The Labute approximate surface area is 746 Å². The summed E-state index contributed by atoms with van der Waals surface area (Å²) >= 11 is 0. The van der Waals surface area contributed by atoms with Crippen molar-refractivity contribution in [1.82, 2.24) is 42.1 Å². The molecule has 0 aromatic heterocycles. The van der Waals surface area contributed by atoms with Gasteiger partial charge in [0.15, 0.2) is 69.8 Å². The molecule has 3 aliphatic carbocycles. The van der Waals surface area contributed by atoms with E-state index in [0.29, 0.717) is 44.9 Å². The number of carbonyl (C=O) groups excluding carboxylic acids is 12. The number of para-hydroxylation sites is 3. The van der Waals surface area contributed by atoms with Gasteiger partial charge in [-0.15, -0.1) is 0 Å². The van der Waals surface area contributed by atoms with Crippen LogP contribution in [0.3, 0.4) is 0 Å². The molecule has 3 saturated carbocycles. The van der Waals surface area contributed by atoms with E-state index >= 15 is 0 Å². The molecule has 45 heteroatoms. The second-order valence-electron chi connectivity index (χ2n) is 33.1. The number of ether oxygens (including phenoxy) is 4. The average Bonchev–Trinajstić information content (AvgIpc) is 0.776. The monoisotopic (exact) mass is 1900 g/mol. The normalized spacial score (nSPS) is 26.7. The number of halogens is 15. The van der Waals surface area contributed by atoms with Crippen LogP contribution in [0, 0.1) is 123 Å². The molecular weight excluding hydrogens is 1810 g/mol. The van der Waals surface area contributed by atoms with E-state index in [2.05, 4.69) is 37.2 Å². The van der Waals surface area contributed by atoms with Crippen LogP contribution in [0.1, 0.15) is 147 Å². The summed E-state index contributed by atoms with van der Waals surface area (Å²) in [5, 5.41) is 79.9. The number of nitrogens with one attached hydrogen (secondary N) is 7. The summed E-state index contributed by atoms with van der Waals surface area (Å²) in [5.41, 5.74) is -4.93. The zero-order valence-corrected chi connectivity index (χ0v) is 71.4. The van der Waals surface area contributed by atoms with Crippen LogP contribution in [0.25, 0.3) is 0 Å². The quantitative estimate of drug-likeness (QED) is 0.0159. The molecule has 133 heavy (non-hydrogen) atoms. The van der Waals surface area contributed by atoms with Crippen LogP contribution < -0.4 is 37.2 Å². The predicted octanol–water partition coefficient (Wildman–Crippen LogP) is 7.19. The summed E-state index contributed by atoms with van der Waals surface area (Å²) in [6.07, 6.45) is -10.0. The highest BCUT2D eigenvalue weighted by atomic mass is 19.2. The maximum atomic E-state index is 14.7. The van der Waals surface area contributed by atoms with Crippen molar-refractivity contribution < 1.29 is 173 Å². The molecule has 6 aliphatic rings. The lowest BCUT2D eigenvalue weighted by Gasteiger charge is -2.41. The van der Waals surface area contributed by atoms with Crippen molar-refractivity contribution in [2.45, 2.75) is 210 Å². The minimum absolute atomic E-state index is 0.265. The Morgan fingerprint density at radius 2 is 0.639 bits per heavy atom. The van der Waals surface area contributed by atoms with Crippen molar-refractivity contribution in [3.8, 4) is 17.2 Å². The number of aromatic hydroxyl groups is 3. The van der Waals surface area contributed by atoms with E-state index in [-0.39, 0.29) is 28.5 Å². The molecule has 3 heterocycles. The van der Waals surface area contributed by atoms with E-state index < -0.39 is 326 Å². The van der Waals surface area contributed by atoms with Crippen LogP contribution in [-0.4, -0.2) is 205 Å². The number of likely N-dealkylation sites (N-methyl/N-ethyl adjacent to an activating group) is 1. The third-order valence-corrected chi connectivity index (χ3v) is 24.4. The number of nitrogens with zero attached hydrogens (tertiary/aromatic N) is 1. The molecule has 3 aliphatic heterocycles. The van der Waals surface area contributed by atoms with Gasteiger partial charge in [-0.1, -0.05) is 69.5 Å². The van der Waals surface area contributed by atoms with Crippen LogP contribution in [-0.2, 0) is 81.4 Å². The number of cyclic esters (lactones) is 4. The number of amides is 8. The number of aliphatic hydroxyl groups excluding tert-OH is 3. The molecule has 0 radical (unpaired) electrons. The third kappa shape index (κ3) is 22.4. The molecule has 0 bridgehead atoms. The summed E-state index contributed by atoms with van der Waals surface area (Å²) < 4.78 is 235. The lowest BCUT2D eigenvalue weighted by atomic mass is 9.78. The highest BCUT2D eigenvalue weighted by Crippen LogP contribution is 2.39. The molecule has 0 spiro atoms. The lowest BCUT2D eigenvalue weighted by Crippen LogP contribution is -2.61. The number of rotatable bonds is 15. The Bertz CT molecular complexity index is 5180. The number of hydrogen-bond acceptors (Lipinski definition) is 22. The number of phenols is 3. The Hall–Kier alpha value is -12.8. The minimum atomic E-state index is -2.42. The van der Waals surface area contributed by atoms with E-state index in [1.165, 1.54) is 114 Å². The van der Waals surface area contributed by atoms with Crippen molar-refractivity contribution in [2.75, 3.05) is 7.05 Å². The first-order valence-electron chi connectivity index (χ1n) is 41.7. The summed E-state index contributed by atoms with van der Waals surface area (Å²) in [6, 6.07) is 2.54. The highest BCUT2D eigenvalue weighted by Gasteiger charge is 2.50. The van der Waals surface area contributed by atoms with E-state index in [1.54, 1.807) is 0 Å². The average molecular weight is 1900 g/mol. The third-order valence-electron chi connectivity index (χ3n) is 24.4. The zero-order valence-electron chi connectivity index (χ0n) is 71.4. The molecule has 6 fully saturated rings. The molecule has 6 aromatic carbocycles. The number of aliphatic hydroxyl groups is 3. The van der Waals surface area contributed by atoms with E-state index in [9.17, 15) is 154 Å². The number of esters is 4. The van der Waals surface area contributed by atoms with Crippen LogP contribution in [0.15, 0.2) is 72.8 Å². The van der Waals surface area contributed by atoms with Gasteiger partial charge in [-0.2, -0.15) is 0 Å². The summed E-state index contributed by atoms with van der Waals surface area (Å²) in [6.45, 7) is 7.17. The highest BCUT2D eigenvalue weighted by molar-refractivity contribution is 6.02. The first-order valence-corrected chi connectivity index (χ1v) is 41.7. The maximum Gasteiger partial charge on any atom is 0.348 e. The Morgan fingerprint density at radius 3 is 0.947 bits per heavy atom. The van der Waals surface area contributed by atoms with Gasteiger partial charge in [0.2, 0.25) is 53.1 Å². The van der Waals surface area contributed by atoms with Gasteiger partial charge in [0, 0.05) is 48.9 Å². The van der Waals surface area contributed by atoms with Crippen molar-refractivity contribution in [2.24, 2.45) is 35.5 Å². The van der Waals surface area contributed by atoms with Crippen LogP contribution >= 0.6 is 0 Å². The van der Waals surface area contributed by atoms with Crippen LogP contribution in [0.4, 0.5) is 65.9 Å². The first-order chi connectivity index (χ1) is 62.6. The maximum absolute atomic E-state index is 14.7. The van der Waals surface area contributed by atoms with Crippen LogP contribution in [0.2, 0.25) is 0 Å². The number of phenolic OH excluding ortho intramolecular Hbond substituents is 3. The fourth-order valence-electron chi connectivity index (χ4n) is 15.6. The molecule has 8 amide bonds. The lowest BCUT2D eigenvalue weighted by molar-refractivity contribution is -0.183. The van der Waals surface area contributed by atoms with Crippen molar-refractivity contribution >= 4 is 71.1 Å². The van der Waals surface area contributed by atoms with Crippen LogP contribution in [0.5, 0.6) is 17.2 Å². The van der Waals surface area contributed by atoms with E-state index in [1.807, 2.05) is 0 Å². The van der Waals surface area contributed by atoms with Gasteiger partial charge in [0.25, 0.3) is 17.7 Å². The second kappa shape index (κ2) is 43.3. The fraction of sp³-hybridized carbons (Fsp3) is 0.455. The van der Waals surface area contributed by atoms with Crippen molar-refractivity contribution in [1.29, 1.82) is 0 Å². The van der Waals surface area contributed by atoms with E-state index in [0.717, 1.165) is 24.7 Å². The number of carbonyl (C=O) groups is 12. The predicted molar refractivity (Wildman–Crippen MR) is 426 cm³/mol. The number of benzene rings is 6. The van der Waals surface area contributed by atoms with Gasteiger partial charge in [-0.05, 0) is 114 Å². The molecule has 18 atom stereocenters. The van der Waals surface area contributed by atoms with Gasteiger partial charge in [0.1, 0.15) is 65.8 Å². The smallest absolute Gasteiger partial charge is 0.348 e. The summed E-state index contributed by atoms with van der Waals surface area (Å²) in [5.74, 6) is -53.4. The molecule has 12 rings (SSSR count). The Morgan fingerprint density at radius 1 is 0.353 bits per heavy atom. The summed E-state index contributed by atoms with van der Waals surface area (Å²) in [4.78, 5) is 160. The Balaban J connectivity index is 0.000000207. The summed E-state index contributed by atoms with van der Waals surface area (Å²) in [7, 11) is 1.29. The minimum Gasteiger partial charge on any atom is -0.507 e. The molecular formula is C88H91F15N8O22. The van der Waals surface area contributed by atoms with Crippen molar-refractivity contribution in [3.05, 3.63) is 193 Å². The van der Waals surface area contributed by atoms with Gasteiger partial charge in [-0.25, -0.2) is 80.2 Å². The van der Waals surface area contributed by atoms with Gasteiger partial charge in [0.05, 0.1) is 70.9 Å². The van der Waals surface area contributed by atoms with Gasteiger partial charge < -0.3 is 91.7 Å². The topological polar surface area (TPSA) is 451 Å². The van der Waals surface area contributed by atoms with E-state index in [4.69, 9.17) is 18.9 Å². The largest absolute Gasteiger partial charge is 0.507 e. The van der Waals surface area contributed by atoms with Gasteiger partial charge in [-0.3, -0.25) is 43.2 Å². The molecule has 3 saturated heterocycles. The standard InChI is InChI=1S/C30H32F5N3O7.C29H30F5N3O7.C29H29F5N2O8/c1-12-26(40)17(11-16-19(31)21(33)23(35)22(34)20(16)32)36-28(42)24(37-27(41)15-9-4-5-10-18(15)39)13(2)45-30(44)25(14-7-6-8-14)38(3)29(12)43;1-11-25(39)16(10-15-18(30)20(32)22(34)21(33)19(15)31)35-28(42)23(36-27(41)14-8-3-4-9-17(14)38)12(2)44-29(43)24(37-26(11)40)13-6-5-7-13;1-11-24(38)16(10-15-18(30)20(32)22(34)21(33)19(15)31)35-27(40)23(36-26(39)14-8-3-4-9-17(14)37)12(2)43-29(42)25(44-28(11)41)13-6-5-7-13/h4-5,9-10,12-14,17,24-26,39-40H,6-8,11H2,1-3H3,(H,36,42)(H,37,41);3-4,8-9,11-13,16,23-25,38-39H,5-7,10H2,1-2H3,(H,35,42)(H,36,41)(H,37,40);3-4,8-9,11-13,16,23-25,37-38H,5-7,10H2,1-2H3,(H,35,40)(H,36,39)/t12-,13-,17+,24+,25?,26+;11-,12-,16+,23+,24?,25+;11-,12-,16+,23+,24+,25?/m111/s1. The SMILES string of the molecule is C[C@H]1OC(=O)C(C2CCC2)N(C)C(=O)[C@H](C)[C@H](O)[C@H](Cc2c(F)c(F)c(F)c(F)c2F)NC(=O)[C@H]1NC(=O)c1ccccc1O.C[C@H]1OC(=O)C(C2CCC2)NC(=O)[C@H](C)[C@H](O)[C@H](Cc2c(F)c(F)c(F)c(F)c2F)NC(=O)[C@H]1NC(=O)c1ccccc1O.C[C@H]1OC(=O)C(C2CCC2)OC(=O)[C@H](C)[C@H](O)[C@H](Cc2c(F)c(F)c(F)c(F)c2F)NC(=O)[C@H]1NC(=O)c1ccccc1O. The molecule has 13 N–H and O–H groups in total. The number of hydrogen-bond donors (Lipinski definition) is 13. The second-order valence-corrected chi connectivity index (χ2v) is 33.1. The molecule has 6 aromatic rings. The Kier molecular flexibility index (Phi) is 33.3. The fourth-order valence-corrected chi connectivity index (χ4v) is 15.6. The zero-order chi connectivity index (χ0) is 98.2. The molecule has 3 unspecified atom stereocenters. The molecule has 720 valence electrons. The van der Waals surface area contributed by atoms with Gasteiger partial charge >= 0.3 is 23.9 Å². The first kappa shape index (κ1) is 102.